The number of carbonyl (C=O) groups is 6. The van der Waals surface area contributed by atoms with Crippen molar-refractivity contribution in [2.45, 2.75) is 103 Å². The molecule has 2 rings (SSSR count). The Labute approximate surface area is 238 Å². The van der Waals surface area contributed by atoms with Gasteiger partial charge in [0.1, 0.15) is 29.3 Å². The lowest BCUT2D eigenvalue weighted by molar-refractivity contribution is -0.140. The number of ether oxygens (including phenoxy) is 2. The lowest BCUT2D eigenvalue weighted by Gasteiger charge is -2.29. The summed E-state index contributed by atoms with van der Waals surface area (Å²) < 4.78 is 10.3. The van der Waals surface area contributed by atoms with Crippen molar-refractivity contribution in [3.8, 4) is 0 Å². The Morgan fingerprint density at radius 3 is 2.22 bits per heavy atom. The Morgan fingerprint density at radius 1 is 1.02 bits per heavy atom. The molecule has 228 valence electrons. The van der Waals surface area contributed by atoms with E-state index in [1.165, 1.54) is 17.4 Å². The van der Waals surface area contributed by atoms with Gasteiger partial charge < -0.3 is 35.7 Å². The normalized spacial score (nSPS) is 16.7. The van der Waals surface area contributed by atoms with Crippen molar-refractivity contribution in [1.82, 2.24) is 30.8 Å². The molecule has 0 aromatic carbocycles. The van der Waals surface area contributed by atoms with Crippen LogP contribution in [0.2, 0.25) is 0 Å². The lowest BCUT2D eigenvalue weighted by atomic mass is 10.1. The van der Waals surface area contributed by atoms with E-state index in [0.29, 0.717) is 18.5 Å². The molecule has 1 saturated heterocycles. The minimum Gasteiger partial charge on any atom is -0.444 e. The number of nitrogens with one attached hydrogen (secondary N) is 4. The van der Waals surface area contributed by atoms with E-state index in [1.54, 1.807) is 41.5 Å². The van der Waals surface area contributed by atoms with Crippen LogP contribution < -0.4 is 21.7 Å². The van der Waals surface area contributed by atoms with E-state index in [9.17, 15) is 28.8 Å². The largest absolute Gasteiger partial charge is 0.444 e. The standard InChI is InChI=1S/C26H41N7O8/c1-25(2,3)40-23(38)31-16(9-10-19(34)32-24(39)41-26(4,5)6)21(36)30-17(12-15-13-28-14-29-15)22(37)33-11-7-8-18(33)20(27)35/h13-14,16-18H,7-12H2,1-6H3,(H2,27,35)(H,28,29)(H,30,36)(H,31,38)(H,32,34,39)/t16-,17-,18-/m0/s1. The van der Waals surface area contributed by atoms with Gasteiger partial charge in [-0.05, 0) is 60.8 Å². The Bertz CT molecular complexity index is 1110. The number of nitrogens with zero attached hydrogens (tertiary/aromatic N) is 2. The molecule has 1 aromatic heterocycles. The summed E-state index contributed by atoms with van der Waals surface area (Å²) in [4.78, 5) is 83.9. The van der Waals surface area contributed by atoms with Gasteiger partial charge in [-0.15, -0.1) is 0 Å². The second-order valence-electron chi connectivity index (χ2n) is 11.7. The monoisotopic (exact) mass is 579 g/mol. The zero-order valence-electron chi connectivity index (χ0n) is 24.4. The number of rotatable bonds is 10. The van der Waals surface area contributed by atoms with Gasteiger partial charge >= 0.3 is 12.2 Å². The highest BCUT2D eigenvalue weighted by Gasteiger charge is 2.38. The molecular weight excluding hydrogens is 538 g/mol. The number of amides is 6. The summed E-state index contributed by atoms with van der Waals surface area (Å²) >= 11 is 0. The summed E-state index contributed by atoms with van der Waals surface area (Å²) in [7, 11) is 0. The first-order chi connectivity index (χ1) is 18.9. The molecule has 0 unspecified atom stereocenters. The van der Waals surface area contributed by atoms with Crippen LogP contribution >= 0.6 is 0 Å². The van der Waals surface area contributed by atoms with E-state index in [2.05, 4.69) is 25.9 Å². The van der Waals surface area contributed by atoms with E-state index in [0.717, 1.165) is 0 Å². The highest BCUT2D eigenvalue weighted by Crippen LogP contribution is 2.19. The molecule has 3 atom stereocenters. The third-order valence-electron chi connectivity index (χ3n) is 5.77. The van der Waals surface area contributed by atoms with Crippen LogP contribution in [0.3, 0.4) is 0 Å². The maximum Gasteiger partial charge on any atom is 0.414 e. The van der Waals surface area contributed by atoms with E-state index in [-0.39, 0.29) is 25.8 Å². The summed E-state index contributed by atoms with van der Waals surface area (Å²) in [5, 5.41) is 7.14. The van der Waals surface area contributed by atoms with Crippen LogP contribution in [0.25, 0.3) is 0 Å². The second-order valence-corrected chi connectivity index (χ2v) is 11.7. The smallest absolute Gasteiger partial charge is 0.414 e. The first-order valence-electron chi connectivity index (χ1n) is 13.3. The summed E-state index contributed by atoms with van der Waals surface area (Å²) in [5.41, 5.74) is 4.31. The molecule has 1 fully saturated rings. The molecule has 2 heterocycles. The summed E-state index contributed by atoms with van der Waals surface area (Å²) in [5.74, 6) is -2.71. The molecular formula is C26H41N7O8. The number of carbonyl (C=O) groups excluding carboxylic acids is 6. The number of hydrogen-bond acceptors (Lipinski definition) is 9. The van der Waals surface area contributed by atoms with Crippen molar-refractivity contribution in [3.63, 3.8) is 0 Å². The van der Waals surface area contributed by atoms with Crippen molar-refractivity contribution < 1.29 is 38.2 Å². The Hall–Kier alpha value is -4.17. The predicted molar refractivity (Wildman–Crippen MR) is 145 cm³/mol. The highest BCUT2D eigenvalue weighted by atomic mass is 16.6. The number of nitrogens with two attached hydrogens (primary N) is 1. The second kappa shape index (κ2) is 13.9. The van der Waals surface area contributed by atoms with E-state index >= 15 is 0 Å². The molecule has 41 heavy (non-hydrogen) atoms. The molecule has 6 N–H and O–H groups in total. The molecule has 1 aromatic rings. The zero-order chi connectivity index (χ0) is 31.0. The molecule has 0 saturated carbocycles. The molecule has 0 spiro atoms. The van der Waals surface area contributed by atoms with Gasteiger partial charge in [0, 0.05) is 31.3 Å². The molecule has 6 amide bonds. The van der Waals surface area contributed by atoms with Crippen molar-refractivity contribution in [3.05, 3.63) is 18.2 Å². The maximum atomic E-state index is 13.5. The van der Waals surface area contributed by atoms with Gasteiger partial charge in [-0.25, -0.2) is 14.6 Å². The summed E-state index contributed by atoms with van der Waals surface area (Å²) in [6.45, 7) is 10.1. The number of imidazole rings is 1. The van der Waals surface area contributed by atoms with Crippen LogP contribution in [0, 0.1) is 0 Å². The average molecular weight is 580 g/mol. The number of aromatic amines is 1. The van der Waals surface area contributed by atoms with Crippen LogP contribution in [0.15, 0.2) is 12.5 Å². The number of alkyl carbamates (subject to hydrolysis) is 2. The van der Waals surface area contributed by atoms with Gasteiger partial charge in [0.15, 0.2) is 0 Å². The number of hydrogen-bond donors (Lipinski definition) is 5. The molecule has 15 nitrogen and oxygen atoms in total. The van der Waals surface area contributed by atoms with Gasteiger partial charge in [-0.2, -0.15) is 0 Å². The molecule has 0 radical (unpaired) electrons. The Balaban J connectivity index is 2.21. The maximum absolute atomic E-state index is 13.5. The molecule has 1 aliphatic rings. The van der Waals surface area contributed by atoms with Gasteiger partial charge in [0.2, 0.25) is 23.6 Å². The summed E-state index contributed by atoms with van der Waals surface area (Å²) in [6, 6.07) is -3.28. The van der Waals surface area contributed by atoms with Crippen LogP contribution in [0.4, 0.5) is 9.59 Å². The zero-order valence-corrected chi connectivity index (χ0v) is 24.4. The average Bonchev–Trinajstić information content (AvgIpc) is 3.50. The predicted octanol–water partition coefficient (Wildman–Crippen LogP) is 0.638. The van der Waals surface area contributed by atoms with Crippen LogP contribution in [-0.4, -0.2) is 86.6 Å². The van der Waals surface area contributed by atoms with Crippen molar-refractivity contribution in [2.75, 3.05) is 6.54 Å². The van der Waals surface area contributed by atoms with Gasteiger partial charge in [0.25, 0.3) is 0 Å². The van der Waals surface area contributed by atoms with E-state index in [1.807, 2.05) is 0 Å². The first kappa shape index (κ1) is 33.0. The van der Waals surface area contributed by atoms with Gasteiger partial charge in [-0.3, -0.25) is 24.5 Å². The van der Waals surface area contributed by atoms with Crippen molar-refractivity contribution >= 4 is 35.8 Å². The topological polar surface area (TPSA) is 215 Å². The minimum absolute atomic E-state index is 0.00480. The van der Waals surface area contributed by atoms with Crippen LogP contribution in [-0.2, 0) is 35.1 Å². The highest BCUT2D eigenvalue weighted by molar-refractivity contribution is 5.95. The van der Waals surface area contributed by atoms with Crippen molar-refractivity contribution in [1.29, 1.82) is 0 Å². The third-order valence-corrected chi connectivity index (χ3v) is 5.77. The molecule has 1 aliphatic heterocycles. The molecule has 0 bridgehead atoms. The SMILES string of the molecule is CC(C)(C)OC(=O)NC(=O)CC[C@H](NC(=O)OC(C)(C)C)C(=O)N[C@@H](Cc1cnc[nH]1)C(=O)N1CCC[C@H]1C(N)=O. The van der Waals surface area contributed by atoms with Crippen LogP contribution in [0.1, 0.15) is 72.9 Å². The Kier molecular flexibility index (Phi) is 11.2. The van der Waals surface area contributed by atoms with Crippen LogP contribution in [0.5, 0.6) is 0 Å². The van der Waals surface area contributed by atoms with Gasteiger partial charge in [0.05, 0.1) is 6.33 Å². The fourth-order valence-electron chi connectivity index (χ4n) is 4.09. The fourth-order valence-corrected chi connectivity index (χ4v) is 4.09. The number of likely N-dealkylation sites (tertiary alicyclic amines) is 1. The Morgan fingerprint density at radius 2 is 1.66 bits per heavy atom. The molecule has 15 heteroatoms. The first-order valence-corrected chi connectivity index (χ1v) is 13.3. The van der Waals surface area contributed by atoms with E-state index < -0.39 is 65.1 Å². The quantitative estimate of drug-likeness (QED) is 0.262. The van der Waals surface area contributed by atoms with E-state index in [4.69, 9.17) is 15.2 Å². The number of H-pyrrole nitrogens is 1. The number of imide groups is 1. The summed E-state index contributed by atoms with van der Waals surface area (Å²) in [6.07, 6.45) is 1.42. The number of aromatic nitrogens is 2. The number of primary amides is 1. The minimum atomic E-state index is -1.32. The van der Waals surface area contributed by atoms with Crippen molar-refractivity contribution in [2.24, 2.45) is 5.73 Å². The lowest BCUT2D eigenvalue weighted by Crippen LogP contribution is -2.57. The fraction of sp³-hybridized carbons (Fsp3) is 0.654. The third kappa shape index (κ3) is 11.5. The van der Waals surface area contributed by atoms with Gasteiger partial charge in [-0.1, -0.05) is 0 Å². The molecule has 0 aliphatic carbocycles.